The van der Waals surface area contributed by atoms with Crippen molar-refractivity contribution in [2.75, 3.05) is 11.9 Å². The van der Waals surface area contributed by atoms with Gasteiger partial charge in [0.05, 0.1) is 23.5 Å². The topological polar surface area (TPSA) is 160 Å². The molecule has 2 amide bonds. The van der Waals surface area contributed by atoms with Gasteiger partial charge in [-0.3, -0.25) is 24.0 Å². The smallest absolute Gasteiger partial charge is 0.248 e. The van der Waals surface area contributed by atoms with E-state index < -0.39 is 6.04 Å². The van der Waals surface area contributed by atoms with Crippen molar-refractivity contribution < 1.29 is 14.4 Å². The standard InChI is InChI=1S/C28H26BrN9O3/c1-15-4-5-24(29)34-27(15)35-28(41)22-8-18(6-7-30)13-37(22)25(40)14-38-23-12-33-21(19-10-31-17(3)32-11-19)9-20(23)26(36-38)16(2)39/h4-5,9-12,18,22H,6,8,13-14H2,1-3H3,(H,34,35,41). The molecule has 0 spiro atoms. The van der Waals surface area contributed by atoms with Gasteiger partial charge < -0.3 is 10.2 Å². The Morgan fingerprint density at radius 1 is 1.15 bits per heavy atom. The molecule has 1 aliphatic rings. The largest absolute Gasteiger partial charge is 0.329 e. The number of amides is 2. The van der Waals surface area contributed by atoms with E-state index in [0.29, 0.717) is 44.8 Å². The number of nitrogens with one attached hydrogen (secondary N) is 1. The number of fused-ring (bicyclic) bond motifs is 1. The summed E-state index contributed by atoms with van der Waals surface area (Å²) in [5.41, 5.74) is 2.73. The van der Waals surface area contributed by atoms with Crippen LogP contribution in [-0.4, -0.2) is 64.8 Å². The summed E-state index contributed by atoms with van der Waals surface area (Å²) < 4.78 is 2.00. The van der Waals surface area contributed by atoms with Crippen LogP contribution in [0.4, 0.5) is 5.82 Å². The lowest BCUT2D eigenvalue weighted by molar-refractivity contribution is -0.137. The fourth-order valence-corrected chi connectivity index (χ4v) is 5.22. The molecule has 1 aliphatic heterocycles. The highest BCUT2D eigenvalue weighted by Gasteiger charge is 2.40. The van der Waals surface area contributed by atoms with E-state index in [4.69, 9.17) is 0 Å². The van der Waals surface area contributed by atoms with E-state index in [0.717, 1.165) is 5.56 Å². The van der Waals surface area contributed by atoms with Gasteiger partial charge in [0, 0.05) is 43.2 Å². The predicted molar refractivity (Wildman–Crippen MR) is 152 cm³/mol. The van der Waals surface area contributed by atoms with Crippen LogP contribution in [0.25, 0.3) is 22.2 Å². The van der Waals surface area contributed by atoms with Gasteiger partial charge in [-0.15, -0.1) is 0 Å². The predicted octanol–water partition coefficient (Wildman–Crippen LogP) is 3.63. The number of nitrogens with zero attached hydrogens (tertiary/aromatic N) is 8. The third kappa shape index (κ3) is 5.83. The Labute approximate surface area is 244 Å². The first-order valence-corrected chi connectivity index (χ1v) is 13.7. The summed E-state index contributed by atoms with van der Waals surface area (Å²) >= 11 is 3.32. The minimum Gasteiger partial charge on any atom is -0.329 e. The number of halogens is 1. The molecule has 1 saturated heterocycles. The van der Waals surface area contributed by atoms with Crippen molar-refractivity contribution in [2.24, 2.45) is 5.92 Å². The number of anilines is 1. The van der Waals surface area contributed by atoms with Gasteiger partial charge in [0.25, 0.3) is 0 Å². The number of aromatic nitrogens is 6. The van der Waals surface area contributed by atoms with Gasteiger partial charge in [0.2, 0.25) is 11.8 Å². The maximum Gasteiger partial charge on any atom is 0.248 e. The highest BCUT2D eigenvalue weighted by molar-refractivity contribution is 9.10. The Bertz CT molecular complexity index is 1710. The van der Waals surface area contributed by atoms with E-state index in [9.17, 15) is 19.6 Å². The summed E-state index contributed by atoms with van der Waals surface area (Å²) in [6.45, 7) is 5.06. The molecular weight excluding hydrogens is 590 g/mol. The molecule has 0 bridgehead atoms. The van der Waals surface area contributed by atoms with Crippen LogP contribution in [0.3, 0.4) is 0 Å². The van der Waals surface area contributed by atoms with E-state index in [1.807, 2.05) is 13.0 Å². The van der Waals surface area contributed by atoms with Gasteiger partial charge in [0.1, 0.15) is 34.5 Å². The first-order chi connectivity index (χ1) is 19.6. The number of likely N-dealkylation sites (tertiary alicyclic amines) is 1. The second-order valence-corrected chi connectivity index (χ2v) is 10.8. The summed E-state index contributed by atoms with van der Waals surface area (Å²) in [6.07, 6.45) is 5.43. The van der Waals surface area contributed by atoms with Crippen LogP contribution in [0.5, 0.6) is 0 Å². The van der Waals surface area contributed by atoms with Gasteiger partial charge in [-0.1, -0.05) is 6.07 Å². The number of hydrogen-bond donors (Lipinski definition) is 1. The summed E-state index contributed by atoms with van der Waals surface area (Å²) in [5.74, 6) is -0.138. The van der Waals surface area contributed by atoms with E-state index in [1.54, 1.807) is 37.6 Å². The van der Waals surface area contributed by atoms with Crippen LogP contribution in [-0.2, 0) is 16.1 Å². The molecular formula is C28H26BrN9O3. The summed E-state index contributed by atoms with van der Waals surface area (Å²) in [7, 11) is 0. The van der Waals surface area contributed by atoms with Crippen LogP contribution in [0.1, 0.15) is 41.6 Å². The zero-order valence-electron chi connectivity index (χ0n) is 22.6. The number of rotatable bonds is 7. The average molecular weight is 616 g/mol. The van der Waals surface area contributed by atoms with Gasteiger partial charge in [-0.2, -0.15) is 10.4 Å². The Morgan fingerprint density at radius 3 is 2.61 bits per heavy atom. The van der Waals surface area contributed by atoms with Crippen molar-refractivity contribution in [3.05, 3.63) is 58.5 Å². The van der Waals surface area contributed by atoms with E-state index in [2.05, 4.69) is 52.4 Å². The molecule has 2 unspecified atom stereocenters. The molecule has 1 fully saturated rings. The normalized spacial score (nSPS) is 16.5. The van der Waals surface area contributed by atoms with Crippen molar-refractivity contribution in [1.82, 2.24) is 34.6 Å². The first-order valence-electron chi connectivity index (χ1n) is 12.9. The summed E-state index contributed by atoms with van der Waals surface area (Å²) in [5, 5.41) is 17.1. The zero-order chi connectivity index (χ0) is 29.3. The maximum atomic E-state index is 13.7. The van der Waals surface area contributed by atoms with Gasteiger partial charge >= 0.3 is 0 Å². The number of pyridine rings is 2. The number of carbonyl (C=O) groups excluding carboxylic acids is 3. The molecule has 5 heterocycles. The van der Waals surface area contributed by atoms with Crippen molar-refractivity contribution in [2.45, 2.75) is 46.2 Å². The fourth-order valence-electron chi connectivity index (χ4n) is 4.91. The highest BCUT2D eigenvalue weighted by atomic mass is 79.9. The molecule has 5 rings (SSSR count). The molecule has 208 valence electrons. The lowest BCUT2D eigenvalue weighted by Gasteiger charge is -2.24. The van der Waals surface area contributed by atoms with Crippen LogP contribution < -0.4 is 5.32 Å². The average Bonchev–Trinajstić information content (AvgIpc) is 3.53. The van der Waals surface area contributed by atoms with Gasteiger partial charge in [-0.25, -0.2) is 15.0 Å². The number of nitriles is 1. The van der Waals surface area contributed by atoms with Crippen molar-refractivity contribution in [3.8, 4) is 17.3 Å². The quantitative estimate of drug-likeness (QED) is 0.242. The Balaban J connectivity index is 1.43. The van der Waals surface area contributed by atoms with Gasteiger partial charge in [-0.05, 0) is 59.8 Å². The molecule has 41 heavy (non-hydrogen) atoms. The van der Waals surface area contributed by atoms with Crippen LogP contribution in [0, 0.1) is 31.1 Å². The van der Waals surface area contributed by atoms with Crippen LogP contribution in [0.2, 0.25) is 0 Å². The molecule has 4 aromatic heterocycles. The lowest BCUT2D eigenvalue weighted by Crippen LogP contribution is -2.44. The Kier molecular flexibility index (Phi) is 7.85. The minimum atomic E-state index is -0.790. The lowest BCUT2D eigenvalue weighted by atomic mass is 10.0. The monoisotopic (exact) mass is 615 g/mol. The SMILES string of the molecule is CC(=O)c1nn(CC(=O)N2CC(CC#N)CC2C(=O)Nc2nc(Br)ccc2C)c2cnc(-c3cnc(C)nc3)cc12. The minimum absolute atomic E-state index is 0.153. The van der Waals surface area contributed by atoms with Gasteiger partial charge in [0.15, 0.2) is 5.78 Å². The Hall–Kier alpha value is -4.57. The number of Topliss-reactive ketones (excluding diaryl/α,β-unsaturated/α-hetero) is 1. The third-order valence-corrected chi connectivity index (χ3v) is 7.47. The molecule has 0 radical (unpaired) electrons. The Morgan fingerprint density at radius 2 is 1.90 bits per heavy atom. The third-order valence-electron chi connectivity index (χ3n) is 7.03. The van der Waals surface area contributed by atoms with Crippen molar-refractivity contribution in [3.63, 3.8) is 0 Å². The zero-order valence-corrected chi connectivity index (χ0v) is 24.2. The first kappa shape index (κ1) is 28.0. The molecule has 12 nitrogen and oxygen atoms in total. The van der Waals surface area contributed by atoms with E-state index in [1.165, 1.54) is 16.5 Å². The summed E-state index contributed by atoms with van der Waals surface area (Å²) in [4.78, 5) is 58.2. The molecule has 0 saturated carbocycles. The molecule has 1 N–H and O–H groups in total. The van der Waals surface area contributed by atoms with Crippen molar-refractivity contribution >= 4 is 50.2 Å². The van der Waals surface area contributed by atoms with E-state index in [-0.39, 0.29) is 48.7 Å². The maximum absolute atomic E-state index is 13.7. The van der Waals surface area contributed by atoms with Crippen molar-refractivity contribution in [1.29, 1.82) is 5.26 Å². The van der Waals surface area contributed by atoms with Crippen LogP contribution in [0.15, 0.2) is 41.4 Å². The fraction of sp³-hybridized carbons (Fsp3) is 0.321. The molecule has 13 heteroatoms. The molecule has 0 aliphatic carbocycles. The second kappa shape index (κ2) is 11.5. The molecule has 4 aromatic rings. The summed E-state index contributed by atoms with van der Waals surface area (Å²) in [6, 6.07) is 6.68. The number of carbonyl (C=O) groups is 3. The van der Waals surface area contributed by atoms with Crippen LogP contribution >= 0.6 is 15.9 Å². The second-order valence-electron chi connectivity index (χ2n) is 9.98. The van der Waals surface area contributed by atoms with E-state index >= 15 is 0 Å². The number of hydrogen-bond acceptors (Lipinski definition) is 9. The number of ketones is 1. The highest BCUT2D eigenvalue weighted by Crippen LogP contribution is 2.29. The number of aryl methyl sites for hydroxylation is 2. The molecule has 0 aromatic carbocycles. The molecule has 2 atom stereocenters.